The maximum absolute atomic E-state index is 5.64. The number of nitrogens with two attached hydrogens (primary N) is 1. The molecule has 3 N–H and O–H groups in total. The number of aliphatic imine (C=N–C) groups is 1. The van der Waals surface area contributed by atoms with Crippen LogP contribution < -0.4 is 11.1 Å². The van der Waals surface area contributed by atoms with Crippen molar-refractivity contribution >= 4 is 5.96 Å². The second-order valence-electron chi connectivity index (χ2n) is 4.09. The molecule has 1 rings (SSSR count). The first-order valence-electron chi connectivity index (χ1n) is 5.86. The van der Waals surface area contributed by atoms with E-state index in [1.165, 1.54) is 38.5 Å². The average molecular weight is 197 g/mol. The van der Waals surface area contributed by atoms with Gasteiger partial charge in [0.2, 0.25) is 0 Å². The summed E-state index contributed by atoms with van der Waals surface area (Å²) in [5.41, 5.74) is 5.64. The Balaban J connectivity index is 2.09. The first kappa shape index (κ1) is 11.3. The van der Waals surface area contributed by atoms with Crippen molar-refractivity contribution in [3.05, 3.63) is 0 Å². The Morgan fingerprint density at radius 1 is 1.36 bits per heavy atom. The van der Waals surface area contributed by atoms with E-state index in [-0.39, 0.29) is 0 Å². The summed E-state index contributed by atoms with van der Waals surface area (Å²) in [6, 6.07) is 0. The lowest BCUT2D eigenvalue weighted by Crippen LogP contribution is -2.31. The lowest BCUT2D eigenvalue weighted by molar-refractivity contribution is 0.343. The van der Waals surface area contributed by atoms with Gasteiger partial charge in [-0.15, -0.1) is 0 Å². The van der Waals surface area contributed by atoms with Crippen LogP contribution in [0, 0.1) is 5.92 Å². The number of hydrogen-bond acceptors (Lipinski definition) is 1. The Bertz CT molecular complexity index is 171. The lowest BCUT2D eigenvalue weighted by Gasteiger charge is -2.20. The molecule has 0 radical (unpaired) electrons. The quantitative estimate of drug-likeness (QED) is 0.534. The fourth-order valence-electron chi connectivity index (χ4n) is 2.08. The van der Waals surface area contributed by atoms with Gasteiger partial charge in [-0.3, -0.25) is 4.99 Å². The normalized spacial score (nSPS) is 19.6. The standard InChI is InChI=1S/C11H23N3/c1-2-13-11(12)14-9-8-10-6-4-3-5-7-10/h10H,2-9H2,1H3,(H3,12,13,14). The highest BCUT2D eigenvalue weighted by molar-refractivity contribution is 5.77. The molecule has 82 valence electrons. The highest BCUT2D eigenvalue weighted by Gasteiger charge is 2.12. The van der Waals surface area contributed by atoms with Gasteiger partial charge in [-0.2, -0.15) is 0 Å². The Labute approximate surface area is 87.2 Å². The van der Waals surface area contributed by atoms with Gasteiger partial charge in [0.05, 0.1) is 0 Å². The van der Waals surface area contributed by atoms with Crippen LogP contribution in [0.2, 0.25) is 0 Å². The van der Waals surface area contributed by atoms with Crippen LogP contribution in [-0.2, 0) is 0 Å². The predicted molar refractivity (Wildman–Crippen MR) is 61.4 cm³/mol. The van der Waals surface area contributed by atoms with E-state index in [2.05, 4.69) is 10.3 Å². The van der Waals surface area contributed by atoms with Crippen molar-refractivity contribution in [3.63, 3.8) is 0 Å². The van der Waals surface area contributed by atoms with E-state index in [4.69, 9.17) is 5.73 Å². The molecule has 0 unspecified atom stereocenters. The van der Waals surface area contributed by atoms with Crippen molar-refractivity contribution in [2.45, 2.75) is 45.4 Å². The van der Waals surface area contributed by atoms with Crippen molar-refractivity contribution in [1.82, 2.24) is 5.32 Å². The van der Waals surface area contributed by atoms with Crippen LogP contribution in [0.3, 0.4) is 0 Å². The molecule has 0 amide bonds. The molecule has 3 nitrogen and oxygen atoms in total. The zero-order chi connectivity index (χ0) is 10.2. The van der Waals surface area contributed by atoms with E-state index in [9.17, 15) is 0 Å². The third-order valence-electron chi connectivity index (χ3n) is 2.90. The fourth-order valence-corrected chi connectivity index (χ4v) is 2.08. The third kappa shape index (κ3) is 4.49. The molecule has 0 bridgehead atoms. The molecule has 0 atom stereocenters. The van der Waals surface area contributed by atoms with E-state index in [1.807, 2.05) is 6.92 Å². The van der Waals surface area contributed by atoms with E-state index < -0.39 is 0 Å². The van der Waals surface area contributed by atoms with Crippen molar-refractivity contribution in [1.29, 1.82) is 0 Å². The first-order valence-corrected chi connectivity index (χ1v) is 5.86. The predicted octanol–water partition coefficient (Wildman–Crippen LogP) is 1.88. The Hall–Kier alpha value is -0.730. The molecule has 0 heterocycles. The van der Waals surface area contributed by atoms with Gasteiger partial charge < -0.3 is 11.1 Å². The molecule has 3 heteroatoms. The van der Waals surface area contributed by atoms with Crippen LogP contribution in [0.5, 0.6) is 0 Å². The summed E-state index contributed by atoms with van der Waals surface area (Å²) >= 11 is 0. The molecule has 0 aromatic carbocycles. The third-order valence-corrected chi connectivity index (χ3v) is 2.90. The molecule has 1 aliphatic rings. The summed E-state index contributed by atoms with van der Waals surface area (Å²) < 4.78 is 0. The molecule has 0 spiro atoms. The van der Waals surface area contributed by atoms with E-state index >= 15 is 0 Å². The Kier molecular flexibility index (Phi) is 5.42. The van der Waals surface area contributed by atoms with Gasteiger partial charge in [-0.25, -0.2) is 0 Å². The minimum absolute atomic E-state index is 0.600. The number of nitrogens with one attached hydrogen (secondary N) is 1. The maximum Gasteiger partial charge on any atom is 0.188 e. The zero-order valence-electron chi connectivity index (χ0n) is 9.26. The molecular formula is C11H23N3. The van der Waals surface area contributed by atoms with E-state index in [0.29, 0.717) is 5.96 Å². The molecule has 1 aliphatic carbocycles. The molecule has 0 aromatic heterocycles. The number of hydrogen-bond donors (Lipinski definition) is 2. The summed E-state index contributed by atoms with van der Waals surface area (Å²) in [4.78, 5) is 4.29. The molecule has 0 aromatic rings. The van der Waals surface area contributed by atoms with E-state index in [0.717, 1.165) is 19.0 Å². The van der Waals surface area contributed by atoms with Crippen LogP contribution in [-0.4, -0.2) is 19.0 Å². The highest BCUT2D eigenvalue weighted by atomic mass is 15.1. The summed E-state index contributed by atoms with van der Waals surface area (Å²) in [5, 5.41) is 3.01. The molecule has 14 heavy (non-hydrogen) atoms. The van der Waals surface area contributed by atoms with Crippen molar-refractivity contribution in [2.24, 2.45) is 16.6 Å². The van der Waals surface area contributed by atoms with Crippen LogP contribution in [0.1, 0.15) is 45.4 Å². The maximum atomic E-state index is 5.64. The van der Waals surface area contributed by atoms with Gasteiger partial charge in [-0.1, -0.05) is 32.1 Å². The number of guanidine groups is 1. The number of nitrogens with zero attached hydrogens (tertiary/aromatic N) is 1. The van der Waals surface area contributed by atoms with Gasteiger partial charge in [-0.05, 0) is 19.3 Å². The molecule has 1 fully saturated rings. The zero-order valence-corrected chi connectivity index (χ0v) is 9.26. The Morgan fingerprint density at radius 2 is 2.07 bits per heavy atom. The smallest absolute Gasteiger partial charge is 0.188 e. The second kappa shape index (κ2) is 6.68. The Morgan fingerprint density at radius 3 is 2.71 bits per heavy atom. The average Bonchev–Trinajstić information content (AvgIpc) is 2.20. The lowest BCUT2D eigenvalue weighted by atomic mass is 9.87. The minimum atomic E-state index is 0.600. The van der Waals surface area contributed by atoms with Crippen LogP contribution in [0.4, 0.5) is 0 Å². The monoisotopic (exact) mass is 197 g/mol. The second-order valence-corrected chi connectivity index (χ2v) is 4.09. The summed E-state index contributed by atoms with van der Waals surface area (Å²) in [6.07, 6.45) is 8.27. The molecule has 0 aliphatic heterocycles. The van der Waals surface area contributed by atoms with Crippen LogP contribution >= 0.6 is 0 Å². The first-order chi connectivity index (χ1) is 6.83. The van der Waals surface area contributed by atoms with Gasteiger partial charge >= 0.3 is 0 Å². The molecule has 0 saturated heterocycles. The SMILES string of the molecule is CCNC(N)=NCCC1CCCCC1. The van der Waals surface area contributed by atoms with Crippen molar-refractivity contribution in [3.8, 4) is 0 Å². The molecule has 1 saturated carbocycles. The highest BCUT2D eigenvalue weighted by Crippen LogP contribution is 2.25. The van der Waals surface area contributed by atoms with Crippen LogP contribution in [0.25, 0.3) is 0 Å². The van der Waals surface area contributed by atoms with Gasteiger partial charge in [0.15, 0.2) is 5.96 Å². The molecular weight excluding hydrogens is 174 g/mol. The van der Waals surface area contributed by atoms with Gasteiger partial charge in [0.1, 0.15) is 0 Å². The van der Waals surface area contributed by atoms with Crippen LogP contribution in [0.15, 0.2) is 4.99 Å². The van der Waals surface area contributed by atoms with Crippen molar-refractivity contribution in [2.75, 3.05) is 13.1 Å². The summed E-state index contributed by atoms with van der Waals surface area (Å²) in [7, 11) is 0. The largest absolute Gasteiger partial charge is 0.370 e. The minimum Gasteiger partial charge on any atom is -0.370 e. The van der Waals surface area contributed by atoms with Gasteiger partial charge in [0.25, 0.3) is 0 Å². The topological polar surface area (TPSA) is 50.4 Å². The summed E-state index contributed by atoms with van der Waals surface area (Å²) in [5.74, 6) is 1.50. The van der Waals surface area contributed by atoms with E-state index in [1.54, 1.807) is 0 Å². The van der Waals surface area contributed by atoms with Gasteiger partial charge in [0, 0.05) is 13.1 Å². The fraction of sp³-hybridized carbons (Fsp3) is 0.909. The number of rotatable bonds is 4. The summed E-state index contributed by atoms with van der Waals surface area (Å²) in [6.45, 7) is 3.78. The van der Waals surface area contributed by atoms with Crippen molar-refractivity contribution < 1.29 is 0 Å².